The van der Waals surface area contributed by atoms with Gasteiger partial charge in [0, 0.05) is 30.7 Å². The molecule has 0 aliphatic rings. The van der Waals surface area contributed by atoms with Gasteiger partial charge in [-0.15, -0.1) is 35.3 Å². The van der Waals surface area contributed by atoms with Gasteiger partial charge in [-0.1, -0.05) is 11.6 Å². The van der Waals surface area contributed by atoms with Gasteiger partial charge in [-0.2, -0.15) is 13.2 Å². The molecule has 0 spiro atoms. The fraction of sp³-hybridized carbons (Fsp3) is 0.412. The predicted octanol–water partition coefficient (Wildman–Crippen LogP) is 4.13. The molecule has 0 amide bonds. The molecule has 0 fully saturated rings. The van der Waals surface area contributed by atoms with Gasteiger partial charge in [-0.05, 0) is 31.2 Å². The van der Waals surface area contributed by atoms with Crippen molar-refractivity contribution >= 4 is 58.7 Å². The third-order valence-corrected chi connectivity index (χ3v) is 4.84. The second-order valence-corrected chi connectivity index (χ2v) is 7.37. The number of nitrogens with one attached hydrogen (secondary N) is 3. The number of nitrogens with zero attached hydrogens (tertiary/aromatic N) is 2. The van der Waals surface area contributed by atoms with E-state index in [-0.39, 0.29) is 42.9 Å². The molecule has 4 N–H and O–H groups in total. The zero-order valence-electron chi connectivity index (χ0n) is 15.5. The number of halogens is 5. The maximum absolute atomic E-state index is 12.9. The van der Waals surface area contributed by atoms with Crippen molar-refractivity contribution in [2.45, 2.75) is 19.2 Å². The van der Waals surface area contributed by atoms with Gasteiger partial charge in [0.1, 0.15) is 11.9 Å². The van der Waals surface area contributed by atoms with E-state index in [0.29, 0.717) is 28.3 Å². The number of hydrogen-bond donors (Lipinski definition) is 4. The molecule has 0 aliphatic heterocycles. The highest BCUT2D eigenvalue weighted by Crippen LogP contribution is 2.33. The number of rotatable bonds is 8. The van der Waals surface area contributed by atoms with Crippen molar-refractivity contribution in [3.05, 3.63) is 45.2 Å². The molecule has 2 aromatic heterocycles. The molecule has 1 atom stereocenters. The Morgan fingerprint density at radius 3 is 2.66 bits per heavy atom. The number of thiophene rings is 1. The van der Waals surface area contributed by atoms with Crippen LogP contribution >= 0.6 is 46.9 Å². The summed E-state index contributed by atoms with van der Waals surface area (Å²) in [6.07, 6.45) is -3.95. The topological polar surface area (TPSA) is 81.6 Å². The predicted molar refractivity (Wildman–Crippen MR) is 121 cm³/mol. The molecule has 0 saturated heterocycles. The Morgan fingerprint density at radius 1 is 1.28 bits per heavy atom. The van der Waals surface area contributed by atoms with Crippen LogP contribution in [-0.4, -0.2) is 42.2 Å². The Bertz CT molecular complexity index is 790. The minimum absolute atomic E-state index is 0. The lowest BCUT2D eigenvalue weighted by Crippen LogP contribution is -2.40. The molecule has 2 heterocycles. The number of aliphatic hydroxyl groups is 1. The van der Waals surface area contributed by atoms with Gasteiger partial charge in [-0.3, -0.25) is 4.99 Å². The van der Waals surface area contributed by atoms with E-state index in [9.17, 15) is 18.3 Å². The van der Waals surface area contributed by atoms with Crippen LogP contribution in [0.4, 0.5) is 19.0 Å². The standard InChI is InChI=1S/C17H21ClF3N5OS.HI/c1-2-22-16(26-10-12(27)13-5-6-14(18)28-13)25-9-8-24-15-11(17(19,20)21)4-3-7-23-15;/h3-7,12,27H,2,8-10H2,1H3,(H,23,24)(H2,22,25,26);1H. The van der Waals surface area contributed by atoms with Gasteiger partial charge in [0.05, 0.1) is 16.4 Å². The SMILES string of the molecule is CCNC(=NCC(O)c1ccc(Cl)s1)NCCNc1ncccc1C(F)(F)F.I. The minimum Gasteiger partial charge on any atom is -0.386 e. The van der Waals surface area contributed by atoms with Crippen molar-refractivity contribution < 1.29 is 18.3 Å². The van der Waals surface area contributed by atoms with Crippen LogP contribution in [-0.2, 0) is 6.18 Å². The molecular weight excluding hydrogens is 542 g/mol. The number of pyridine rings is 1. The Balaban J connectivity index is 0.00000420. The monoisotopic (exact) mass is 563 g/mol. The number of guanidine groups is 1. The molecule has 2 rings (SSSR count). The second kappa shape index (κ2) is 12.4. The second-order valence-electron chi connectivity index (χ2n) is 5.63. The first-order chi connectivity index (χ1) is 13.3. The molecule has 0 bridgehead atoms. The maximum Gasteiger partial charge on any atom is 0.419 e. The van der Waals surface area contributed by atoms with E-state index >= 15 is 0 Å². The maximum atomic E-state index is 12.9. The molecule has 2 aromatic rings. The van der Waals surface area contributed by atoms with E-state index in [1.807, 2.05) is 6.92 Å². The smallest absolute Gasteiger partial charge is 0.386 e. The molecule has 1 unspecified atom stereocenters. The molecule has 12 heteroatoms. The lowest BCUT2D eigenvalue weighted by Gasteiger charge is -2.15. The molecule has 0 radical (unpaired) electrons. The number of aromatic nitrogens is 1. The Labute approximate surface area is 193 Å². The Morgan fingerprint density at radius 2 is 2.03 bits per heavy atom. The van der Waals surface area contributed by atoms with Crippen LogP contribution in [0.5, 0.6) is 0 Å². The van der Waals surface area contributed by atoms with Gasteiger partial charge >= 0.3 is 6.18 Å². The van der Waals surface area contributed by atoms with Gasteiger partial charge in [-0.25, -0.2) is 4.98 Å². The lowest BCUT2D eigenvalue weighted by atomic mass is 10.2. The van der Waals surface area contributed by atoms with Crippen molar-refractivity contribution in [1.82, 2.24) is 15.6 Å². The van der Waals surface area contributed by atoms with E-state index < -0.39 is 17.8 Å². The van der Waals surface area contributed by atoms with Crippen molar-refractivity contribution in [2.75, 3.05) is 31.5 Å². The molecule has 0 saturated carbocycles. The summed E-state index contributed by atoms with van der Waals surface area (Å²) in [5.41, 5.74) is -0.812. The molecule has 6 nitrogen and oxygen atoms in total. The Kier molecular flexibility index (Phi) is 11.0. The molecular formula is C17H22ClF3IN5OS. The highest BCUT2D eigenvalue weighted by atomic mass is 127. The average Bonchev–Trinajstić information content (AvgIpc) is 3.09. The van der Waals surface area contributed by atoms with Gasteiger partial charge in [0.2, 0.25) is 0 Å². The third kappa shape index (κ3) is 8.52. The normalized spacial score (nSPS) is 12.8. The molecule has 0 aromatic carbocycles. The van der Waals surface area contributed by atoms with Gasteiger partial charge in [0.15, 0.2) is 5.96 Å². The summed E-state index contributed by atoms with van der Waals surface area (Å²) in [7, 11) is 0. The van der Waals surface area contributed by atoms with Crippen LogP contribution < -0.4 is 16.0 Å². The summed E-state index contributed by atoms with van der Waals surface area (Å²) >= 11 is 7.14. The summed E-state index contributed by atoms with van der Waals surface area (Å²) in [5, 5.41) is 18.8. The Hall–Kier alpha value is -1.31. The summed E-state index contributed by atoms with van der Waals surface area (Å²) in [6, 6.07) is 5.67. The quantitative estimate of drug-likeness (QED) is 0.168. The van der Waals surface area contributed by atoms with Crippen molar-refractivity contribution in [3.63, 3.8) is 0 Å². The first kappa shape index (κ1) is 25.7. The number of aliphatic imine (C=N–C) groups is 1. The summed E-state index contributed by atoms with van der Waals surface area (Å²) in [5.74, 6) is 0.229. The van der Waals surface area contributed by atoms with E-state index in [4.69, 9.17) is 11.6 Å². The molecule has 162 valence electrons. The summed E-state index contributed by atoms with van der Waals surface area (Å²) in [6.45, 7) is 3.11. The largest absolute Gasteiger partial charge is 0.419 e. The van der Waals surface area contributed by atoms with Crippen LogP contribution in [0.15, 0.2) is 35.5 Å². The average molecular weight is 564 g/mol. The van der Waals surface area contributed by atoms with E-state index in [1.54, 1.807) is 12.1 Å². The zero-order chi connectivity index (χ0) is 20.6. The van der Waals surface area contributed by atoms with Crippen molar-refractivity contribution in [3.8, 4) is 0 Å². The summed E-state index contributed by atoms with van der Waals surface area (Å²) < 4.78 is 39.4. The van der Waals surface area contributed by atoms with Gasteiger partial charge < -0.3 is 21.1 Å². The zero-order valence-corrected chi connectivity index (χ0v) is 19.4. The van der Waals surface area contributed by atoms with Crippen LogP contribution in [0, 0.1) is 0 Å². The molecule has 0 aliphatic carbocycles. The highest BCUT2D eigenvalue weighted by molar-refractivity contribution is 14.0. The first-order valence-corrected chi connectivity index (χ1v) is 9.72. The van der Waals surface area contributed by atoms with Crippen LogP contribution in [0.25, 0.3) is 0 Å². The highest BCUT2D eigenvalue weighted by Gasteiger charge is 2.33. The van der Waals surface area contributed by atoms with Gasteiger partial charge in [0.25, 0.3) is 0 Å². The number of hydrogen-bond acceptors (Lipinski definition) is 5. The van der Waals surface area contributed by atoms with Crippen molar-refractivity contribution in [1.29, 1.82) is 0 Å². The number of alkyl halides is 3. The lowest BCUT2D eigenvalue weighted by molar-refractivity contribution is -0.137. The fourth-order valence-electron chi connectivity index (χ4n) is 2.25. The van der Waals surface area contributed by atoms with E-state index in [2.05, 4.69) is 25.9 Å². The van der Waals surface area contributed by atoms with Crippen LogP contribution in [0.1, 0.15) is 23.5 Å². The summed E-state index contributed by atoms with van der Waals surface area (Å²) in [4.78, 5) is 8.74. The van der Waals surface area contributed by atoms with E-state index in [0.717, 1.165) is 6.07 Å². The minimum atomic E-state index is -4.47. The van der Waals surface area contributed by atoms with Crippen LogP contribution in [0.2, 0.25) is 4.34 Å². The first-order valence-electron chi connectivity index (χ1n) is 8.52. The number of anilines is 1. The fourth-order valence-corrected chi connectivity index (χ4v) is 3.29. The van der Waals surface area contributed by atoms with E-state index in [1.165, 1.54) is 23.6 Å². The molecule has 29 heavy (non-hydrogen) atoms. The van der Waals surface area contributed by atoms with Crippen molar-refractivity contribution in [2.24, 2.45) is 4.99 Å². The number of aliphatic hydroxyl groups excluding tert-OH is 1. The van der Waals surface area contributed by atoms with Crippen LogP contribution in [0.3, 0.4) is 0 Å². The third-order valence-electron chi connectivity index (χ3n) is 3.51.